The molecule has 2 heterocycles. The normalized spacial score (nSPS) is 12.6. The topological polar surface area (TPSA) is 37.9 Å². The molecule has 4 nitrogen and oxygen atoms in total. The van der Waals surface area contributed by atoms with Gasteiger partial charge in [-0.3, -0.25) is 10.1 Å². The van der Waals surface area contributed by atoms with Crippen LogP contribution in [0.4, 0.5) is 5.95 Å². The fraction of sp³-hybridized carbons (Fsp3) is 0.176. The number of benzene rings is 2. The Labute approximate surface area is 148 Å². The van der Waals surface area contributed by atoms with Gasteiger partial charge in [0.15, 0.2) is 5.78 Å². The Morgan fingerprint density at radius 3 is 2.70 bits per heavy atom. The standard InChI is InChI=1S/C17H14BrN3O.ClH/c18-13-7-5-12(6-8-13)16(22)11-21-15-4-2-1-3-14(15)20-10-9-19-17(20)21;/h1-8H,9-11H2;1H. The van der Waals surface area contributed by atoms with Gasteiger partial charge in [0, 0.05) is 10.0 Å². The molecule has 0 saturated heterocycles. The van der Waals surface area contributed by atoms with E-state index in [-0.39, 0.29) is 18.2 Å². The van der Waals surface area contributed by atoms with Crippen molar-refractivity contribution in [3.05, 3.63) is 58.6 Å². The lowest BCUT2D eigenvalue weighted by molar-refractivity contribution is -0.644. The molecule has 0 aliphatic carbocycles. The van der Waals surface area contributed by atoms with Gasteiger partial charge in [0.2, 0.25) is 0 Å². The number of carbonyl (C=O) groups excluding carboxylic acids is 1. The van der Waals surface area contributed by atoms with Crippen molar-refractivity contribution in [2.75, 3.05) is 11.9 Å². The third kappa shape index (κ3) is 2.75. The molecule has 4 rings (SSSR count). The summed E-state index contributed by atoms with van der Waals surface area (Å²) >= 11 is 3.40. The number of nitrogens with one attached hydrogen (secondary N) is 1. The predicted octanol–water partition coefficient (Wildman–Crippen LogP) is 0.00370. The fourth-order valence-corrected chi connectivity index (χ4v) is 3.29. The van der Waals surface area contributed by atoms with E-state index < -0.39 is 0 Å². The van der Waals surface area contributed by atoms with Gasteiger partial charge in [0.25, 0.3) is 0 Å². The second-order valence-electron chi connectivity index (χ2n) is 5.41. The minimum absolute atomic E-state index is 0. The predicted molar refractivity (Wildman–Crippen MR) is 89.1 cm³/mol. The molecule has 1 aliphatic heterocycles. The molecule has 0 atom stereocenters. The van der Waals surface area contributed by atoms with Crippen molar-refractivity contribution in [3.8, 4) is 0 Å². The number of imidazole rings is 1. The lowest BCUT2D eigenvalue weighted by atomic mass is 10.1. The average molecular weight is 393 g/mol. The number of nitrogens with zero attached hydrogens (tertiary/aromatic N) is 2. The number of hydrogen-bond donors (Lipinski definition) is 1. The summed E-state index contributed by atoms with van der Waals surface area (Å²) in [6, 6.07) is 15.7. The van der Waals surface area contributed by atoms with Crippen molar-refractivity contribution in [1.29, 1.82) is 0 Å². The van der Waals surface area contributed by atoms with Crippen LogP contribution in [-0.4, -0.2) is 16.9 Å². The number of Topliss-reactive ketones (excluding diaryl/α,β-unsaturated/α-hetero) is 1. The van der Waals surface area contributed by atoms with E-state index in [9.17, 15) is 4.79 Å². The summed E-state index contributed by atoms with van der Waals surface area (Å²) in [5.74, 6) is 1.14. The van der Waals surface area contributed by atoms with E-state index in [2.05, 4.69) is 42.5 Å². The van der Waals surface area contributed by atoms with Gasteiger partial charge in [-0.1, -0.05) is 40.2 Å². The van der Waals surface area contributed by atoms with E-state index >= 15 is 0 Å². The van der Waals surface area contributed by atoms with Crippen LogP contribution in [0.1, 0.15) is 10.4 Å². The first kappa shape index (κ1) is 16.0. The molecule has 6 heteroatoms. The van der Waals surface area contributed by atoms with Crippen LogP contribution in [0.3, 0.4) is 0 Å². The Bertz CT molecular complexity index is 873. The fourth-order valence-electron chi connectivity index (χ4n) is 3.02. The molecule has 1 aromatic heterocycles. The summed E-state index contributed by atoms with van der Waals surface area (Å²) in [7, 11) is 0. The zero-order valence-electron chi connectivity index (χ0n) is 12.3. The minimum Gasteiger partial charge on any atom is -1.00 e. The molecular formula is C17H15BrClN3O. The third-order valence-electron chi connectivity index (χ3n) is 4.06. The molecule has 1 aliphatic rings. The average Bonchev–Trinajstić information content (AvgIpc) is 3.11. The Balaban J connectivity index is 0.00000156. The zero-order valence-corrected chi connectivity index (χ0v) is 14.6. The summed E-state index contributed by atoms with van der Waals surface area (Å²) in [5.41, 5.74) is 3.00. The summed E-state index contributed by atoms with van der Waals surface area (Å²) in [6.45, 7) is 2.19. The monoisotopic (exact) mass is 391 g/mol. The maximum atomic E-state index is 12.6. The zero-order chi connectivity index (χ0) is 15.1. The Morgan fingerprint density at radius 1 is 1.17 bits per heavy atom. The molecule has 2 aromatic carbocycles. The molecule has 0 spiro atoms. The van der Waals surface area contributed by atoms with Gasteiger partial charge in [-0.15, -0.1) is 0 Å². The van der Waals surface area contributed by atoms with Crippen LogP contribution in [0, 0.1) is 0 Å². The molecule has 0 amide bonds. The van der Waals surface area contributed by atoms with E-state index in [1.54, 1.807) is 0 Å². The van der Waals surface area contributed by atoms with Gasteiger partial charge in [-0.05, 0) is 24.3 Å². The van der Waals surface area contributed by atoms with E-state index in [4.69, 9.17) is 0 Å². The maximum absolute atomic E-state index is 12.6. The van der Waals surface area contributed by atoms with Gasteiger partial charge >= 0.3 is 5.95 Å². The first-order chi connectivity index (χ1) is 10.7. The van der Waals surface area contributed by atoms with Crippen LogP contribution in [0.25, 0.3) is 11.0 Å². The molecule has 23 heavy (non-hydrogen) atoms. The summed E-state index contributed by atoms with van der Waals surface area (Å²) in [5, 5.41) is 3.39. The lowest BCUT2D eigenvalue weighted by Crippen LogP contribution is -3.00. The molecule has 3 aromatic rings. The summed E-state index contributed by atoms with van der Waals surface area (Å²) in [4.78, 5) is 12.6. The van der Waals surface area contributed by atoms with Gasteiger partial charge in [0.1, 0.15) is 24.1 Å². The second kappa shape index (κ2) is 6.34. The Hall–Kier alpha value is -1.85. The number of ketones is 1. The minimum atomic E-state index is 0. The van der Waals surface area contributed by atoms with Crippen molar-refractivity contribution < 1.29 is 21.8 Å². The highest BCUT2D eigenvalue weighted by atomic mass is 79.9. The SMILES string of the molecule is O=C(Cn1c2[n+](c3ccccc31)CCN2)c1ccc(Br)cc1.[Cl-]. The number of para-hydroxylation sites is 2. The number of anilines is 1. The number of fused-ring (bicyclic) bond motifs is 3. The highest BCUT2D eigenvalue weighted by Crippen LogP contribution is 2.21. The molecule has 118 valence electrons. The van der Waals surface area contributed by atoms with Crippen LogP contribution in [0.2, 0.25) is 0 Å². The van der Waals surface area contributed by atoms with Crippen molar-refractivity contribution >= 4 is 38.7 Å². The molecule has 0 radical (unpaired) electrons. The van der Waals surface area contributed by atoms with Gasteiger partial charge in [0.05, 0.1) is 6.54 Å². The molecule has 0 fully saturated rings. The van der Waals surface area contributed by atoms with Gasteiger partial charge in [-0.2, -0.15) is 0 Å². The molecule has 0 saturated carbocycles. The van der Waals surface area contributed by atoms with E-state index in [0.717, 1.165) is 34.6 Å². The van der Waals surface area contributed by atoms with E-state index in [1.165, 1.54) is 5.52 Å². The van der Waals surface area contributed by atoms with Gasteiger partial charge < -0.3 is 12.4 Å². The number of hydrogen-bond acceptors (Lipinski definition) is 2. The van der Waals surface area contributed by atoms with Crippen molar-refractivity contribution in [2.24, 2.45) is 0 Å². The largest absolute Gasteiger partial charge is 1.00 e. The lowest BCUT2D eigenvalue weighted by Gasteiger charge is -2.03. The highest BCUT2D eigenvalue weighted by Gasteiger charge is 2.28. The van der Waals surface area contributed by atoms with Gasteiger partial charge in [-0.25, -0.2) is 9.13 Å². The second-order valence-corrected chi connectivity index (χ2v) is 6.32. The van der Waals surface area contributed by atoms with Crippen molar-refractivity contribution in [1.82, 2.24) is 4.57 Å². The molecule has 1 N–H and O–H groups in total. The van der Waals surface area contributed by atoms with E-state index in [1.807, 2.05) is 36.4 Å². The maximum Gasteiger partial charge on any atom is 0.359 e. The van der Waals surface area contributed by atoms with Crippen LogP contribution < -0.4 is 22.3 Å². The summed E-state index contributed by atoms with van der Waals surface area (Å²) < 4.78 is 5.30. The van der Waals surface area contributed by atoms with E-state index in [0.29, 0.717) is 6.54 Å². The van der Waals surface area contributed by atoms with Crippen LogP contribution in [0.5, 0.6) is 0 Å². The number of carbonyl (C=O) groups is 1. The van der Waals surface area contributed by atoms with Crippen LogP contribution >= 0.6 is 15.9 Å². The number of rotatable bonds is 3. The van der Waals surface area contributed by atoms with Crippen LogP contribution in [-0.2, 0) is 13.1 Å². The summed E-state index contributed by atoms with van der Waals surface area (Å²) in [6.07, 6.45) is 0. The molecular weight excluding hydrogens is 378 g/mol. The van der Waals surface area contributed by atoms with Crippen LogP contribution in [0.15, 0.2) is 53.0 Å². The number of halogens is 2. The third-order valence-corrected chi connectivity index (χ3v) is 4.59. The number of aromatic nitrogens is 2. The Kier molecular flexibility index (Phi) is 4.41. The molecule has 0 unspecified atom stereocenters. The smallest absolute Gasteiger partial charge is 0.359 e. The Morgan fingerprint density at radius 2 is 1.91 bits per heavy atom. The molecule has 0 bridgehead atoms. The quantitative estimate of drug-likeness (QED) is 0.503. The van der Waals surface area contributed by atoms with Crippen molar-refractivity contribution in [2.45, 2.75) is 13.1 Å². The van der Waals surface area contributed by atoms with Crippen molar-refractivity contribution in [3.63, 3.8) is 0 Å². The first-order valence-corrected chi connectivity index (χ1v) is 8.07. The first-order valence-electron chi connectivity index (χ1n) is 7.28. The highest BCUT2D eigenvalue weighted by molar-refractivity contribution is 9.10.